The molecule has 97 heavy (non-hydrogen) atoms. The highest BCUT2D eigenvalue weighted by atomic mass is 16.7. The van der Waals surface area contributed by atoms with E-state index >= 15 is 0 Å². The highest BCUT2D eigenvalue weighted by Gasteiger charge is 2.51. The number of aliphatic hydroxyl groups is 8. The fourth-order valence-corrected chi connectivity index (χ4v) is 14.5. The van der Waals surface area contributed by atoms with Crippen molar-refractivity contribution >= 4 is 5.91 Å². The molecule has 0 spiro atoms. The van der Waals surface area contributed by atoms with Crippen LogP contribution in [0.3, 0.4) is 0 Å². The summed E-state index contributed by atoms with van der Waals surface area (Å²) in [5.41, 5.74) is 0. The van der Waals surface area contributed by atoms with Gasteiger partial charge in [-0.25, -0.2) is 0 Å². The van der Waals surface area contributed by atoms with E-state index in [1.807, 2.05) is 6.08 Å². The average Bonchev–Trinajstić information content (AvgIpc) is 0.794. The Balaban J connectivity index is 1.55. The summed E-state index contributed by atoms with van der Waals surface area (Å²) < 4.78 is 22.9. The summed E-state index contributed by atoms with van der Waals surface area (Å²) in [5, 5.41) is 87.7. The van der Waals surface area contributed by atoms with Gasteiger partial charge in [-0.05, 0) is 19.3 Å². The smallest absolute Gasteiger partial charge is 0.220 e. The Labute approximate surface area is 596 Å². The fourth-order valence-electron chi connectivity index (χ4n) is 14.5. The molecular weight excluding hydrogens is 1220 g/mol. The molecule has 9 N–H and O–H groups in total. The topological polar surface area (TPSA) is 228 Å². The van der Waals surface area contributed by atoms with Gasteiger partial charge >= 0.3 is 0 Å². The zero-order valence-electron chi connectivity index (χ0n) is 63.4. The highest BCUT2D eigenvalue weighted by Crippen LogP contribution is 2.31. The van der Waals surface area contributed by atoms with Gasteiger partial charge in [-0.2, -0.15) is 0 Å². The van der Waals surface area contributed by atoms with E-state index in [0.29, 0.717) is 0 Å². The van der Waals surface area contributed by atoms with Crippen LogP contribution in [0.15, 0.2) is 12.2 Å². The van der Waals surface area contributed by atoms with Crippen LogP contribution >= 0.6 is 0 Å². The van der Waals surface area contributed by atoms with E-state index in [4.69, 9.17) is 18.9 Å². The van der Waals surface area contributed by atoms with E-state index in [2.05, 4.69) is 19.2 Å². The Morgan fingerprint density at radius 2 is 0.639 bits per heavy atom. The predicted octanol–water partition coefficient (Wildman–Crippen LogP) is 19.6. The Morgan fingerprint density at radius 3 is 0.948 bits per heavy atom. The van der Waals surface area contributed by atoms with Crippen LogP contribution in [0.2, 0.25) is 0 Å². The molecule has 0 bridgehead atoms. The first-order valence-corrected chi connectivity index (χ1v) is 42.4. The van der Waals surface area contributed by atoms with Crippen molar-refractivity contribution < 1.29 is 64.6 Å². The molecular formula is C83H161NO13. The predicted molar refractivity (Wildman–Crippen MR) is 402 cm³/mol. The second-order valence-electron chi connectivity index (χ2n) is 30.3. The van der Waals surface area contributed by atoms with E-state index in [9.17, 15) is 45.6 Å². The minimum Gasteiger partial charge on any atom is -0.394 e. The molecule has 0 radical (unpaired) electrons. The maximum atomic E-state index is 13.4. The lowest BCUT2D eigenvalue weighted by atomic mass is 9.97. The molecule has 14 nitrogen and oxygen atoms in total. The molecule has 1 amide bonds. The van der Waals surface area contributed by atoms with E-state index in [1.54, 1.807) is 6.08 Å². The molecule has 2 saturated heterocycles. The first kappa shape index (κ1) is 91.8. The van der Waals surface area contributed by atoms with Crippen LogP contribution in [-0.4, -0.2) is 140 Å². The molecule has 2 rings (SSSR count). The molecule has 0 aromatic heterocycles. The van der Waals surface area contributed by atoms with Crippen molar-refractivity contribution in [1.82, 2.24) is 5.32 Å². The molecule has 0 aromatic carbocycles. The van der Waals surface area contributed by atoms with Gasteiger partial charge < -0.3 is 65.1 Å². The number of carbonyl (C=O) groups excluding carboxylic acids is 1. The molecule has 0 aromatic rings. The van der Waals surface area contributed by atoms with E-state index in [1.165, 1.54) is 353 Å². The number of hydrogen-bond donors (Lipinski definition) is 9. The lowest BCUT2D eigenvalue weighted by molar-refractivity contribution is -0.359. The van der Waals surface area contributed by atoms with Crippen molar-refractivity contribution in [2.45, 2.75) is 492 Å². The van der Waals surface area contributed by atoms with Crippen LogP contribution in [0.1, 0.15) is 418 Å². The normalized spacial score (nSPS) is 22.1. The molecule has 2 fully saturated rings. The minimum atomic E-state index is -1.79. The number of unbranched alkanes of at least 4 members (excludes halogenated alkanes) is 60. The Hall–Kier alpha value is -1.27. The molecule has 0 aliphatic carbocycles. The second-order valence-corrected chi connectivity index (χ2v) is 30.3. The van der Waals surface area contributed by atoms with Crippen LogP contribution in [0, 0.1) is 0 Å². The van der Waals surface area contributed by atoms with Gasteiger partial charge in [-0.3, -0.25) is 4.79 Å². The number of hydrogen-bond acceptors (Lipinski definition) is 13. The third-order valence-corrected chi connectivity index (χ3v) is 21.2. The first-order valence-electron chi connectivity index (χ1n) is 42.4. The zero-order valence-corrected chi connectivity index (χ0v) is 63.4. The maximum absolute atomic E-state index is 13.4. The quantitative estimate of drug-likeness (QED) is 0.0204. The highest BCUT2D eigenvalue weighted by molar-refractivity contribution is 5.76. The van der Waals surface area contributed by atoms with Gasteiger partial charge in [-0.15, -0.1) is 0 Å². The molecule has 2 aliphatic rings. The number of aliphatic hydroxyl groups excluding tert-OH is 8. The van der Waals surface area contributed by atoms with Gasteiger partial charge in [0.05, 0.1) is 32.0 Å². The summed E-state index contributed by atoms with van der Waals surface area (Å²) >= 11 is 0. The summed E-state index contributed by atoms with van der Waals surface area (Å²) in [6.45, 7) is 2.88. The van der Waals surface area contributed by atoms with Crippen molar-refractivity contribution in [2.24, 2.45) is 0 Å². The van der Waals surface area contributed by atoms with Gasteiger partial charge in [0.1, 0.15) is 48.8 Å². The Bertz CT molecular complexity index is 1680. The van der Waals surface area contributed by atoms with Crippen LogP contribution in [0.5, 0.6) is 0 Å². The SMILES string of the molecule is CCCCCCCCCCCCCCCCCCCCCCC/C=C/C(O)C(COC1OC(CO)C(OC2OC(CO)C(O)C(O)C2O)C(O)C1O)NC(=O)CCCCCCCCCCCCCCCCCCCCCCCCCCCCCCCCCCCCCCCCCC. The van der Waals surface area contributed by atoms with Gasteiger partial charge in [0.25, 0.3) is 0 Å². The molecule has 2 heterocycles. The van der Waals surface area contributed by atoms with Crippen LogP contribution < -0.4 is 5.32 Å². The number of nitrogens with one attached hydrogen (secondary N) is 1. The van der Waals surface area contributed by atoms with E-state index in [0.717, 1.165) is 44.9 Å². The van der Waals surface area contributed by atoms with E-state index < -0.39 is 86.8 Å². The summed E-state index contributed by atoms with van der Waals surface area (Å²) in [4.78, 5) is 13.4. The molecule has 12 unspecified atom stereocenters. The number of carbonyl (C=O) groups is 1. The van der Waals surface area contributed by atoms with Crippen molar-refractivity contribution in [1.29, 1.82) is 0 Å². The molecule has 576 valence electrons. The molecule has 12 atom stereocenters. The summed E-state index contributed by atoms with van der Waals surface area (Å²) in [6, 6.07) is -0.912. The standard InChI is InChI=1S/C83H161NO13/c1-3-5-7-9-11-13-15-17-19-21-23-25-27-28-29-30-31-32-33-34-35-36-37-38-39-40-41-42-43-45-47-49-51-53-55-57-59-61-63-65-67-75(88)84-71(70-94-82-80(93)78(91)81(74(69-86)96-82)97-83-79(92)77(90)76(89)73(68-85)95-83)72(87)66-64-62-60-58-56-54-52-50-48-46-44-26-24-22-20-18-16-14-12-10-8-6-4-2/h64,66,71-74,76-83,85-87,89-93H,3-63,65,67-70H2,1-2H3,(H,84,88)/b66-64+. The lowest BCUT2D eigenvalue weighted by Crippen LogP contribution is -2.65. The van der Waals surface area contributed by atoms with Crippen molar-refractivity contribution in [2.75, 3.05) is 19.8 Å². The molecule has 0 saturated carbocycles. The van der Waals surface area contributed by atoms with E-state index in [-0.39, 0.29) is 18.9 Å². The third kappa shape index (κ3) is 50.7. The van der Waals surface area contributed by atoms with Gasteiger partial charge in [0, 0.05) is 6.42 Å². The first-order chi connectivity index (χ1) is 47.6. The Kier molecular flexibility index (Phi) is 64.2. The lowest BCUT2D eigenvalue weighted by Gasteiger charge is -2.46. The maximum Gasteiger partial charge on any atom is 0.220 e. The van der Waals surface area contributed by atoms with Crippen molar-refractivity contribution in [3.05, 3.63) is 12.2 Å². The minimum absolute atomic E-state index is 0.228. The largest absolute Gasteiger partial charge is 0.394 e. The molecule has 14 heteroatoms. The number of rotatable bonds is 73. The summed E-state index contributed by atoms with van der Waals surface area (Å²) in [7, 11) is 0. The summed E-state index contributed by atoms with van der Waals surface area (Å²) in [6.07, 6.45) is 70.4. The summed E-state index contributed by atoms with van der Waals surface area (Å²) in [5.74, 6) is -0.228. The van der Waals surface area contributed by atoms with Crippen LogP contribution in [-0.2, 0) is 23.7 Å². The Morgan fingerprint density at radius 1 is 0.361 bits per heavy atom. The molecule has 2 aliphatic heterocycles. The van der Waals surface area contributed by atoms with Crippen molar-refractivity contribution in [3.8, 4) is 0 Å². The van der Waals surface area contributed by atoms with Gasteiger partial charge in [-0.1, -0.05) is 405 Å². The average molecular weight is 1380 g/mol. The fraction of sp³-hybridized carbons (Fsp3) is 0.964. The number of amides is 1. The van der Waals surface area contributed by atoms with Crippen LogP contribution in [0.4, 0.5) is 0 Å². The van der Waals surface area contributed by atoms with Crippen molar-refractivity contribution in [3.63, 3.8) is 0 Å². The van der Waals surface area contributed by atoms with Gasteiger partial charge in [0.2, 0.25) is 5.91 Å². The second kappa shape index (κ2) is 67.9. The van der Waals surface area contributed by atoms with Crippen LogP contribution in [0.25, 0.3) is 0 Å². The number of allylic oxidation sites excluding steroid dienone is 1. The van der Waals surface area contributed by atoms with Gasteiger partial charge in [0.15, 0.2) is 12.6 Å². The number of ether oxygens (including phenoxy) is 4. The third-order valence-electron chi connectivity index (χ3n) is 21.2. The zero-order chi connectivity index (χ0) is 70.1. The monoisotopic (exact) mass is 1380 g/mol.